The summed E-state index contributed by atoms with van der Waals surface area (Å²) in [4.78, 5) is 21.7. The Morgan fingerprint density at radius 1 is 1.11 bits per heavy atom. The molecule has 1 unspecified atom stereocenters. The fraction of sp³-hybridized carbons (Fsp3) is 0.269. The second-order valence-electron chi connectivity index (χ2n) is 7.43. The van der Waals surface area contributed by atoms with Gasteiger partial charge in [0.1, 0.15) is 11.9 Å². The highest BCUT2D eigenvalue weighted by molar-refractivity contribution is 5.92. The normalized spacial score (nSPS) is 10.5. The van der Waals surface area contributed by atoms with Crippen molar-refractivity contribution in [1.29, 1.82) is 0 Å². The molecule has 0 saturated heterocycles. The van der Waals surface area contributed by atoms with Crippen LogP contribution in [0.3, 0.4) is 0 Å². The molecule has 8 nitrogen and oxygen atoms in total. The van der Waals surface area contributed by atoms with E-state index in [4.69, 9.17) is 20.4 Å². The van der Waals surface area contributed by atoms with E-state index in [1.54, 1.807) is 13.0 Å². The summed E-state index contributed by atoms with van der Waals surface area (Å²) in [6, 6.07) is 17.8. The van der Waals surface area contributed by atoms with E-state index in [9.17, 15) is 19.1 Å². The number of carbonyl (C=O) groups excluding carboxylic acids is 2. The van der Waals surface area contributed by atoms with Crippen LogP contribution in [0.15, 0.2) is 66.9 Å². The molecule has 1 heterocycles. The molecular weight excluding hydrogens is 455 g/mol. The number of pyridine rings is 1. The van der Waals surface area contributed by atoms with Crippen molar-refractivity contribution in [2.75, 3.05) is 7.11 Å². The SMILES string of the molecule is CCC(=O)OC(C)Cc1ccccc1.COc1cc[n+](O)c(C(N)=O)c1O.Cc1cccc(F)c1. The van der Waals surface area contributed by atoms with Gasteiger partial charge in [-0.3, -0.25) is 14.8 Å². The summed E-state index contributed by atoms with van der Waals surface area (Å²) in [6.45, 7) is 5.58. The molecule has 1 amide bonds. The molecule has 3 aromatic rings. The number of aryl methyl sites for hydroxylation is 1. The Hall–Kier alpha value is -4.14. The number of hydrogen-bond donors (Lipinski definition) is 3. The zero-order valence-electron chi connectivity index (χ0n) is 20.3. The lowest BCUT2D eigenvalue weighted by Gasteiger charge is -2.12. The smallest absolute Gasteiger partial charge is 0.366 e. The molecule has 4 N–H and O–H groups in total. The standard InChI is InChI=1S/C12H16O2.C7H7F.C7H8N2O4/c1-3-12(13)14-10(2)9-11-7-5-4-6-8-11;1-6-3-2-4-7(8)5-6;1-13-4-2-3-9(12)5(6(4)10)7(8)11/h4-8,10H,3,9H2,1-2H3;2-5H,1H3;2-3H,1H3,(H3-,8,10,11,12)/p+1. The van der Waals surface area contributed by atoms with Crippen molar-refractivity contribution < 1.29 is 38.5 Å². The van der Waals surface area contributed by atoms with Crippen LogP contribution < -0.4 is 15.2 Å². The summed E-state index contributed by atoms with van der Waals surface area (Å²) in [5.41, 5.74) is 6.65. The Bertz CT molecular complexity index is 1080. The molecule has 35 heavy (non-hydrogen) atoms. The molecular formula is C26H32FN2O6+. The van der Waals surface area contributed by atoms with Gasteiger partial charge in [-0.1, -0.05) is 49.4 Å². The van der Waals surface area contributed by atoms with Crippen LogP contribution in [0.25, 0.3) is 0 Å². The predicted molar refractivity (Wildman–Crippen MR) is 128 cm³/mol. The highest BCUT2D eigenvalue weighted by Crippen LogP contribution is 2.25. The molecule has 0 aliphatic heterocycles. The summed E-state index contributed by atoms with van der Waals surface area (Å²) >= 11 is 0. The number of esters is 1. The topological polar surface area (TPSA) is 123 Å². The van der Waals surface area contributed by atoms with Crippen LogP contribution in [0.1, 0.15) is 41.9 Å². The summed E-state index contributed by atoms with van der Waals surface area (Å²) in [5.74, 6) is -1.66. The number of nitrogens with two attached hydrogens (primary N) is 1. The van der Waals surface area contributed by atoms with Gasteiger partial charge in [0.05, 0.1) is 13.2 Å². The fourth-order valence-electron chi connectivity index (χ4n) is 2.81. The first-order valence-corrected chi connectivity index (χ1v) is 10.8. The number of rotatable bonds is 6. The van der Waals surface area contributed by atoms with Crippen molar-refractivity contribution in [3.63, 3.8) is 0 Å². The van der Waals surface area contributed by atoms with Gasteiger partial charge in [0.25, 0.3) is 0 Å². The van der Waals surface area contributed by atoms with Crippen molar-refractivity contribution in [1.82, 2.24) is 0 Å². The van der Waals surface area contributed by atoms with Gasteiger partial charge in [-0.05, 0) is 37.1 Å². The van der Waals surface area contributed by atoms with Crippen LogP contribution in [0.2, 0.25) is 0 Å². The lowest BCUT2D eigenvalue weighted by Crippen LogP contribution is -2.39. The summed E-state index contributed by atoms with van der Waals surface area (Å²) in [5, 5.41) is 18.4. The Labute approximate surface area is 204 Å². The number of hydrogen-bond acceptors (Lipinski definition) is 6. The minimum absolute atomic E-state index is 0.0372. The Kier molecular flexibility index (Phi) is 12.3. The molecule has 0 aliphatic carbocycles. The number of amides is 1. The lowest BCUT2D eigenvalue weighted by atomic mass is 10.1. The van der Waals surface area contributed by atoms with Gasteiger partial charge in [-0.25, -0.2) is 4.39 Å². The van der Waals surface area contributed by atoms with E-state index in [-0.39, 0.29) is 23.6 Å². The van der Waals surface area contributed by atoms with Crippen molar-refractivity contribution in [3.05, 3.63) is 89.5 Å². The highest BCUT2D eigenvalue weighted by Gasteiger charge is 2.26. The highest BCUT2D eigenvalue weighted by atomic mass is 19.1. The van der Waals surface area contributed by atoms with E-state index in [0.717, 1.165) is 18.2 Å². The molecule has 0 spiro atoms. The third kappa shape index (κ3) is 10.6. The van der Waals surface area contributed by atoms with E-state index in [1.165, 1.54) is 30.9 Å². The Balaban J connectivity index is 0.000000272. The van der Waals surface area contributed by atoms with Crippen molar-refractivity contribution in [2.45, 2.75) is 39.7 Å². The second-order valence-corrected chi connectivity index (χ2v) is 7.43. The first-order valence-electron chi connectivity index (χ1n) is 10.8. The Morgan fingerprint density at radius 2 is 1.77 bits per heavy atom. The van der Waals surface area contributed by atoms with Crippen LogP contribution in [-0.2, 0) is 16.0 Å². The largest absolute Gasteiger partial charge is 0.499 e. The molecule has 1 atom stereocenters. The van der Waals surface area contributed by atoms with Crippen molar-refractivity contribution >= 4 is 11.9 Å². The Morgan fingerprint density at radius 3 is 2.26 bits per heavy atom. The number of methoxy groups -OCH3 is 1. The predicted octanol–water partition coefficient (Wildman–Crippen LogP) is 3.73. The van der Waals surface area contributed by atoms with Gasteiger partial charge < -0.3 is 20.3 Å². The number of primary amides is 1. The maximum absolute atomic E-state index is 12.2. The number of nitrogens with zero attached hydrogens (tertiary/aromatic N) is 1. The second kappa shape index (κ2) is 14.9. The number of aromatic hydroxyl groups is 1. The summed E-state index contributed by atoms with van der Waals surface area (Å²) in [7, 11) is 1.32. The molecule has 3 rings (SSSR count). The number of carbonyl (C=O) groups is 2. The molecule has 188 valence electrons. The number of halogens is 1. The van der Waals surface area contributed by atoms with Crippen LogP contribution in [0, 0.1) is 12.7 Å². The first kappa shape index (κ1) is 28.9. The minimum atomic E-state index is -0.945. The average Bonchev–Trinajstić information content (AvgIpc) is 2.80. The quantitative estimate of drug-likeness (QED) is 0.277. The number of aromatic nitrogens is 1. The zero-order valence-corrected chi connectivity index (χ0v) is 20.3. The van der Waals surface area contributed by atoms with Gasteiger partial charge in [-0.2, -0.15) is 0 Å². The molecule has 0 radical (unpaired) electrons. The third-order valence-corrected chi connectivity index (χ3v) is 4.47. The van der Waals surface area contributed by atoms with E-state index in [0.29, 0.717) is 11.2 Å². The van der Waals surface area contributed by atoms with Gasteiger partial charge in [0.15, 0.2) is 5.75 Å². The molecule has 0 fully saturated rings. The van der Waals surface area contributed by atoms with Crippen LogP contribution in [0.5, 0.6) is 11.5 Å². The van der Waals surface area contributed by atoms with E-state index >= 15 is 0 Å². The van der Waals surface area contributed by atoms with Gasteiger partial charge in [-0.15, -0.1) is 0 Å². The maximum Gasteiger partial charge on any atom is 0.366 e. The van der Waals surface area contributed by atoms with Crippen LogP contribution in [0.4, 0.5) is 4.39 Å². The van der Waals surface area contributed by atoms with E-state index < -0.39 is 17.4 Å². The van der Waals surface area contributed by atoms with Gasteiger partial charge in [0, 0.05) is 17.6 Å². The van der Waals surface area contributed by atoms with Crippen molar-refractivity contribution in [2.24, 2.45) is 5.73 Å². The third-order valence-electron chi connectivity index (χ3n) is 4.47. The summed E-state index contributed by atoms with van der Waals surface area (Å²) < 4.78 is 22.5. The average molecular weight is 488 g/mol. The van der Waals surface area contributed by atoms with Crippen LogP contribution in [-0.4, -0.2) is 35.4 Å². The van der Waals surface area contributed by atoms with Crippen molar-refractivity contribution in [3.8, 4) is 11.5 Å². The lowest BCUT2D eigenvalue weighted by molar-refractivity contribution is -0.906. The summed E-state index contributed by atoms with van der Waals surface area (Å²) in [6.07, 6.45) is 2.33. The number of benzene rings is 2. The van der Waals surface area contributed by atoms with Gasteiger partial charge >= 0.3 is 17.6 Å². The fourth-order valence-corrected chi connectivity index (χ4v) is 2.81. The molecule has 0 aliphatic rings. The van der Waals surface area contributed by atoms with E-state index in [2.05, 4.69) is 0 Å². The zero-order chi connectivity index (χ0) is 26.4. The minimum Gasteiger partial charge on any atom is -0.499 e. The molecule has 0 saturated carbocycles. The monoisotopic (exact) mass is 487 g/mol. The maximum atomic E-state index is 12.2. The van der Waals surface area contributed by atoms with E-state index in [1.807, 2.05) is 50.2 Å². The molecule has 9 heteroatoms. The molecule has 0 bridgehead atoms. The first-order chi connectivity index (χ1) is 16.6. The molecule has 1 aromatic heterocycles. The number of ether oxygens (including phenoxy) is 2. The van der Waals surface area contributed by atoms with Gasteiger partial charge in [0.2, 0.25) is 11.9 Å². The van der Waals surface area contributed by atoms with Crippen LogP contribution >= 0.6 is 0 Å². The molecule has 2 aromatic carbocycles.